The van der Waals surface area contributed by atoms with Crippen molar-refractivity contribution in [2.24, 2.45) is 0 Å². The molecule has 0 aliphatic rings. The fourth-order valence-corrected chi connectivity index (χ4v) is 1.46. The zero-order valence-corrected chi connectivity index (χ0v) is 12.4. The number of likely N-dealkylation sites (N-methyl/N-ethyl adjacent to an activating group) is 1. The first-order valence-corrected chi connectivity index (χ1v) is 6.25. The van der Waals surface area contributed by atoms with Crippen molar-refractivity contribution in [3.05, 3.63) is 35.6 Å². The Balaban J connectivity index is 0.00000361. The summed E-state index contributed by atoms with van der Waals surface area (Å²) in [5, 5.41) is 5.73. The Bertz CT molecular complexity index is 437. The van der Waals surface area contributed by atoms with Crippen molar-refractivity contribution in [2.75, 3.05) is 13.6 Å². The van der Waals surface area contributed by atoms with Crippen LogP contribution >= 0.6 is 12.4 Å². The molecule has 0 aliphatic carbocycles. The molecule has 1 aromatic carbocycles. The Labute approximate surface area is 124 Å². The van der Waals surface area contributed by atoms with E-state index in [1.165, 1.54) is 24.3 Å². The summed E-state index contributed by atoms with van der Waals surface area (Å²) < 4.78 is 12.7. The molecule has 1 aromatic rings. The second kappa shape index (κ2) is 9.44. The minimum atomic E-state index is -0.379. The molecule has 20 heavy (non-hydrogen) atoms. The molecule has 0 aliphatic heterocycles. The molecule has 0 saturated heterocycles. The third-order valence-electron chi connectivity index (χ3n) is 2.84. The zero-order chi connectivity index (χ0) is 14.3. The quantitative estimate of drug-likeness (QED) is 0.757. The average Bonchev–Trinajstić information content (AvgIpc) is 2.42. The molecular formula is C14H20ClFN2O2. The van der Waals surface area contributed by atoms with Crippen molar-refractivity contribution in [2.45, 2.75) is 25.8 Å². The van der Waals surface area contributed by atoms with E-state index in [9.17, 15) is 14.0 Å². The monoisotopic (exact) mass is 302 g/mol. The maximum absolute atomic E-state index is 12.7. The highest BCUT2D eigenvalue weighted by atomic mass is 35.5. The summed E-state index contributed by atoms with van der Waals surface area (Å²) in [6, 6.07) is 5.53. The molecule has 1 rings (SSSR count). The normalized spacial score (nSPS) is 11.3. The summed E-state index contributed by atoms with van der Waals surface area (Å²) in [6.45, 7) is 2.48. The van der Waals surface area contributed by atoms with Gasteiger partial charge in [0, 0.05) is 31.0 Å². The number of nitrogens with one attached hydrogen (secondary N) is 2. The third kappa shape index (κ3) is 6.63. The van der Waals surface area contributed by atoms with E-state index >= 15 is 0 Å². The van der Waals surface area contributed by atoms with Crippen molar-refractivity contribution in [1.29, 1.82) is 0 Å². The van der Waals surface area contributed by atoms with Crippen molar-refractivity contribution < 1.29 is 14.0 Å². The van der Waals surface area contributed by atoms with Gasteiger partial charge in [-0.1, -0.05) is 0 Å². The topological polar surface area (TPSA) is 58.2 Å². The first kappa shape index (κ1) is 18.5. The highest BCUT2D eigenvalue weighted by molar-refractivity contribution is 5.97. The van der Waals surface area contributed by atoms with E-state index in [1.807, 2.05) is 14.0 Å². The summed E-state index contributed by atoms with van der Waals surface area (Å²) in [4.78, 5) is 23.2. The molecule has 0 spiro atoms. The van der Waals surface area contributed by atoms with Gasteiger partial charge in [0.1, 0.15) is 5.82 Å². The minimum absolute atomic E-state index is 0. The highest BCUT2D eigenvalue weighted by Crippen LogP contribution is 2.07. The molecule has 0 bridgehead atoms. The number of carbonyl (C=O) groups is 2. The smallest absolute Gasteiger partial charge is 0.220 e. The largest absolute Gasteiger partial charge is 0.355 e. The van der Waals surface area contributed by atoms with Crippen molar-refractivity contribution in [3.8, 4) is 0 Å². The lowest BCUT2D eigenvalue weighted by Gasteiger charge is -2.11. The zero-order valence-electron chi connectivity index (χ0n) is 11.6. The molecule has 0 radical (unpaired) electrons. The van der Waals surface area contributed by atoms with Gasteiger partial charge in [-0.2, -0.15) is 0 Å². The molecule has 1 atom stereocenters. The second-order valence-corrected chi connectivity index (χ2v) is 4.42. The Morgan fingerprint density at radius 3 is 2.35 bits per heavy atom. The molecule has 0 heterocycles. The Morgan fingerprint density at radius 1 is 1.20 bits per heavy atom. The molecule has 112 valence electrons. The number of hydrogen-bond donors (Lipinski definition) is 2. The standard InChI is InChI=1S/C14H19FN2O2.ClH/c1-10(16-2)9-17-14(19)8-7-13(18)11-3-5-12(15)6-4-11;/h3-6,10,16H,7-9H2,1-2H3,(H,17,19);1H. The van der Waals surface area contributed by atoms with E-state index in [4.69, 9.17) is 0 Å². The molecule has 6 heteroatoms. The summed E-state index contributed by atoms with van der Waals surface area (Å²) in [7, 11) is 1.81. The van der Waals surface area contributed by atoms with Gasteiger partial charge in [-0.05, 0) is 38.2 Å². The molecule has 0 saturated carbocycles. The number of benzene rings is 1. The number of amides is 1. The minimum Gasteiger partial charge on any atom is -0.355 e. The number of rotatable bonds is 7. The predicted octanol–water partition coefficient (Wildman–Crippen LogP) is 1.93. The first-order chi connectivity index (χ1) is 9.02. The Hall–Kier alpha value is -1.46. The number of Topliss-reactive ketones (excluding diaryl/α,β-unsaturated/α-hetero) is 1. The predicted molar refractivity (Wildman–Crippen MR) is 78.7 cm³/mol. The number of halogens is 2. The van der Waals surface area contributed by atoms with Crippen LogP contribution in [0, 0.1) is 5.82 Å². The molecule has 4 nitrogen and oxygen atoms in total. The van der Waals surface area contributed by atoms with Gasteiger partial charge in [0.25, 0.3) is 0 Å². The summed E-state index contributed by atoms with van der Waals surface area (Å²) in [5.41, 5.74) is 0.429. The van der Waals surface area contributed by atoms with E-state index in [-0.39, 0.29) is 48.8 Å². The van der Waals surface area contributed by atoms with Crippen LogP contribution in [-0.2, 0) is 4.79 Å². The van der Waals surface area contributed by atoms with Crippen molar-refractivity contribution >= 4 is 24.1 Å². The van der Waals surface area contributed by atoms with Crippen molar-refractivity contribution in [1.82, 2.24) is 10.6 Å². The molecule has 0 fully saturated rings. The maximum atomic E-state index is 12.7. The fraction of sp³-hybridized carbons (Fsp3) is 0.429. The second-order valence-electron chi connectivity index (χ2n) is 4.42. The van der Waals surface area contributed by atoms with Crippen LogP contribution in [0.25, 0.3) is 0 Å². The van der Waals surface area contributed by atoms with Crippen LogP contribution in [0.3, 0.4) is 0 Å². The molecule has 1 unspecified atom stereocenters. The lowest BCUT2D eigenvalue weighted by atomic mass is 10.1. The average molecular weight is 303 g/mol. The van der Waals surface area contributed by atoms with Gasteiger partial charge in [0.2, 0.25) is 5.91 Å². The van der Waals surface area contributed by atoms with E-state index in [0.29, 0.717) is 12.1 Å². The first-order valence-electron chi connectivity index (χ1n) is 6.25. The van der Waals surface area contributed by atoms with Gasteiger partial charge in [-0.25, -0.2) is 4.39 Å². The van der Waals surface area contributed by atoms with Crippen LogP contribution < -0.4 is 10.6 Å². The van der Waals surface area contributed by atoms with Crippen LogP contribution in [0.4, 0.5) is 4.39 Å². The number of hydrogen-bond acceptors (Lipinski definition) is 3. The van der Waals surface area contributed by atoms with Gasteiger partial charge >= 0.3 is 0 Å². The number of carbonyl (C=O) groups excluding carboxylic acids is 2. The summed E-state index contributed by atoms with van der Waals surface area (Å²) >= 11 is 0. The fourth-order valence-electron chi connectivity index (χ4n) is 1.46. The molecule has 0 aromatic heterocycles. The Morgan fingerprint density at radius 2 is 1.80 bits per heavy atom. The van der Waals surface area contributed by atoms with Crippen LogP contribution in [0.2, 0.25) is 0 Å². The van der Waals surface area contributed by atoms with Crippen molar-refractivity contribution in [3.63, 3.8) is 0 Å². The summed E-state index contributed by atoms with van der Waals surface area (Å²) in [5.74, 6) is -0.690. The molecule has 1 amide bonds. The van der Waals surface area contributed by atoms with Gasteiger partial charge < -0.3 is 10.6 Å². The Kier molecular flexibility index (Phi) is 8.76. The lowest BCUT2D eigenvalue weighted by Crippen LogP contribution is -2.37. The van der Waals surface area contributed by atoms with Crippen LogP contribution in [0.15, 0.2) is 24.3 Å². The van der Waals surface area contributed by atoms with Crippen LogP contribution in [-0.4, -0.2) is 31.3 Å². The maximum Gasteiger partial charge on any atom is 0.220 e. The lowest BCUT2D eigenvalue weighted by molar-refractivity contribution is -0.121. The van der Waals surface area contributed by atoms with E-state index < -0.39 is 0 Å². The van der Waals surface area contributed by atoms with Crippen LogP contribution in [0.1, 0.15) is 30.1 Å². The van der Waals surface area contributed by atoms with Gasteiger partial charge in [-0.15, -0.1) is 12.4 Å². The highest BCUT2D eigenvalue weighted by Gasteiger charge is 2.09. The third-order valence-corrected chi connectivity index (χ3v) is 2.84. The molecular weight excluding hydrogens is 283 g/mol. The van der Waals surface area contributed by atoms with E-state index in [0.717, 1.165) is 0 Å². The van der Waals surface area contributed by atoms with Gasteiger partial charge in [0.15, 0.2) is 5.78 Å². The van der Waals surface area contributed by atoms with E-state index in [2.05, 4.69) is 10.6 Å². The SMILES string of the molecule is CNC(C)CNC(=O)CCC(=O)c1ccc(F)cc1.Cl. The van der Waals surface area contributed by atoms with Crippen LogP contribution in [0.5, 0.6) is 0 Å². The van der Waals surface area contributed by atoms with Gasteiger partial charge in [0.05, 0.1) is 0 Å². The number of ketones is 1. The van der Waals surface area contributed by atoms with Gasteiger partial charge in [-0.3, -0.25) is 9.59 Å². The summed E-state index contributed by atoms with van der Waals surface area (Å²) in [6.07, 6.45) is 0.276. The molecule has 2 N–H and O–H groups in total. The van der Waals surface area contributed by atoms with E-state index in [1.54, 1.807) is 0 Å².